The number of fused-ring (bicyclic) bond motifs is 1. The average molecular weight is 324 g/mol. The lowest BCUT2D eigenvalue weighted by Gasteiger charge is -2.23. The fourth-order valence-electron chi connectivity index (χ4n) is 3.03. The van der Waals surface area contributed by atoms with Crippen LogP contribution in [0.1, 0.15) is 53.9 Å². The summed E-state index contributed by atoms with van der Waals surface area (Å²) in [5.41, 5.74) is 7.36. The topological polar surface area (TPSA) is 83.6 Å². The lowest BCUT2D eigenvalue weighted by atomic mass is 9.88. The van der Waals surface area contributed by atoms with Gasteiger partial charge in [-0.05, 0) is 37.2 Å². The Hall–Kier alpha value is -1.56. The molecule has 1 aromatic heterocycles. The van der Waals surface area contributed by atoms with E-state index in [1.807, 2.05) is 11.8 Å². The number of carbonyl (C=O) groups excluding carboxylic acids is 1. The molecule has 1 amide bonds. The highest BCUT2D eigenvalue weighted by Gasteiger charge is 2.28. The molecule has 122 valence electrons. The van der Waals surface area contributed by atoms with Crippen LogP contribution in [0.2, 0.25) is 0 Å². The summed E-state index contributed by atoms with van der Waals surface area (Å²) in [6, 6.07) is 0. The molecule has 1 aromatic rings. The minimum Gasteiger partial charge on any atom is -0.481 e. The fraction of sp³-hybridized carbons (Fsp3) is 0.625. The maximum atomic E-state index is 12.0. The van der Waals surface area contributed by atoms with Gasteiger partial charge in [-0.15, -0.1) is 11.3 Å². The molecule has 5 nitrogen and oxygen atoms in total. The predicted octanol–water partition coefficient (Wildman–Crippen LogP) is 2.66. The molecule has 1 aliphatic carbocycles. The number of nitrogens with two attached hydrogens (primary N) is 1. The van der Waals surface area contributed by atoms with E-state index in [4.69, 9.17) is 10.8 Å². The second-order valence-electron chi connectivity index (χ2n) is 6.03. The van der Waals surface area contributed by atoms with Crippen molar-refractivity contribution in [3.05, 3.63) is 16.0 Å². The van der Waals surface area contributed by atoms with E-state index in [1.165, 1.54) is 4.88 Å². The van der Waals surface area contributed by atoms with Crippen LogP contribution in [0.4, 0.5) is 5.00 Å². The molecule has 22 heavy (non-hydrogen) atoms. The van der Waals surface area contributed by atoms with E-state index in [9.17, 15) is 9.59 Å². The maximum Gasteiger partial charge on any atom is 0.305 e. The van der Waals surface area contributed by atoms with Crippen LogP contribution in [0.3, 0.4) is 0 Å². The van der Waals surface area contributed by atoms with E-state index < -0.39 is 11.9 Å². The van der Waals surface area contributed by atoms with Gasteiger partial charge in [-0.1, -0.05) is 13.8 Å². The highest BCUT2D eigenvalue weighted by molar-refractivity contribution is 7.16. The molecule has 1 aliphatic rings. The van der Waals surface area contributed by atoms with Gasteiger partial charge < -0.3 is 15.7 Å². The van der Waals surface area contributed by atoms with E-state index >= 15 is 0 Å². The first-order chi connectivity index (χ1) is 10.4. The molecule has 6 heteroatoms. The maximum absolute atomic E-state index is 12.0. The number of carboxylic acid groups (broad SMARTS) is 1. The Kier molecular flexibility index (Phi) is 5.45. The number of carbonyl (C=O) groups is 2. The van der Waals surface area contributed by atoms with Gasteiger partial charge in [0.05, 0.1) is 12.0 Å². The summed E-state index contributed by atoms with van der Waals surface area (Å²) in [7, 11) is 0. The van der Waals surface area contributed by atoms with Crippen molar-refractivity contribution in [3.8, 4) is 0 Å². The number of primary amides is 1. The van der Waals surface area contributed by atoms with Crippen LogP contribution in [0, 0.1) is 5.92 Å². The van der Waals surface area contributed by atoms with Crippen molar-refractivity contribution in [2.24, 2.45) is 11.7 Å². The Bertz CT molecular complexity index is 568. The summed E-state index contributed by atoms with van der Waals surface area (Å²) in [6.45, 7) is 5.43. The number of hydrogen-bond acceptors (Lipinski definition) is 4. The van der Waals surface area contributed by atoms with E-state index in [-0.39, 0.29) is 6.42 Å². The van der Waals surface area contributed by atoms with E-state index in [1.54, 1.807) is 11.3 Å². The van der Waals surface area contributed by atoms with Crippen LogP contribution in [0.25, 0.3) is 0 Å². The van der Waals surface area contributed by atoms with Crippen molar-refractivity contribution in [1.82, 2.24) is 0 Å². The standard InChI is InChI=1S/C16H24N2O3S/c1-3-7-18(8-6-13(19)20)16-14(15(17)21)11-5-4-10(2)9-12(11)22-16/h10H,3-9H2,1-2H3,(H2,17,21)(H,19,20). The van der Waals surface area contributed by atoms with Crippen molar-refractivity contribution in [2.75, 3.05) is 18.0 Å². The van der Waals surface area contributed by atoms with E-state index in [0.29, 0.717) is 18.0 Å². The second-order valence-corrected chi connectivity index (χ2v) is 7.11. The molecule has 0 spiro atoms. The Morgan fingerprint density at radius 3 is 2.73 bits per heavy atom. The highest BCUT2D eigenvalue weighted by Crippen LogP contribution is 2.41. The van der Waals surface area contributed by atoms with Crippen LogP contribution in [-0.2, 0) is 17.6 Å². The zero-order chi connectivity index (χ0) is 16.3. The molecular formula is C16H24N2O3S. The number of carboxylic acids is 1. The van der Waals surface area contributed by atoms with Crippen molar-refractivity contribution in [3.63, 3.8) is 0 Å². The van der Waals surface area contributed by atoms with E-state index in [0.717, 1.165) is 42.8 Å². The summed E-state index contributed by atoms with van der Waals surface area (Å²) < 4.78 is 0. The molecule has 0 saturated carbocycles. The first kappa shape index (κ1) is 16.8. The number of amides is 1. The van der Waals surface area contributed by atoms with Gasteiger partial charge >= 0.3 is 5.97 Å². The Morgan fingerprint density at radius 2 is 2.14 bits per heavy atom. The molecule has 0 radical (unpaired) electrons. The minimum atomic E-state index is -0.823. The van der Waals surface area contributed by atoms with Crippen molar-refractivity contribution >= 4 is 28.2 Å². The van der Waals surface area contributed by atoms with Crippen LogP contribution in [0.5, 0.6) is 0 Å². The molecule has 2 rings (SSSR count). The molecular weight excluding hydrogens is 300 g/mol. The normalized spacial score (nSPS) is 17.1. The Labute approximate surface area is 135 Å². The van der Waals surface area contributed by atoms with Gasteiger partial charge in [-0.3, -0.25) is 9.59 Å². The third-order valence-corrected chi connectivity index (χ3v) is 5.43. The van der Waals surface area contributed by atoms with Gasteiger partial charge in [0.15, 0.2) is 0 Å². The van der Waals surface area contributed by atoms with Crippen molar-refractivity contribution in [1.29, 1.82) is 0 Å². The minimum absolute atomic E-state index is 0.0666. The zero-order valence-electron chi connectivity index (χ0n) is 13.2. The summed E-state index contributed by atoms with van der Waals surface area (Å²) in [4.78, 5) is 26.1. The molecule has 0 saturated heterocycles. The van der Waals surface area contributed by atoms with Gasteiger partial charge in [-0.2, -0.15) is 0 Å². The fourth-order valence-corrected chi connectivity index (χ4v) is 4.59. The lowest BCUT2D eigenvalue weighted by Crippen LogP contribution is -2.28. The number of thiophene rings is 1. The van der Waals surface area contributed by atoms with Gasteiger partial charge in [0.25, 0.3) is 5.91 Å². The van der Waals surface area contributed by atoms with Gasteiger partial charge in [0.2, 0.25) is 0 Å². The molecule has 3 N–H and O–H groups in total. The average Bonchev–Trinajstić information content (AvgIpc) is 2.81. The largest absolute Gasteiger partial charge is 0.481 e. The molecule has 0 bridgehead atoms. The Morgan fingerprint density at radius 1 is 1.41 bits per heavy atom. The number of aliphatic carboxylic acids is 1. The highest BCUT2D eigenvalue weighted by atomic mass is 32.1. The molecule has 1 heterocycles. The summed E-state index contributed by atoms with van der Waals surface area (Å²) >= 11 is 1.63. The smallest absolute Gasteiger partial charge is 0.305 e. The van der Waals surface area contributed by atoms with Crippen LogP contribution in [0.15, 0.2) is 0 Å². The first-order valence-electron chi connectivity index (χ1n) is 7.85. The Balaban J connectivity index is 2.38. The van der Waals surface area contributed by atoms with E-state index in [2.05, 4.69) is 6.92 Å². The molecule has 0 aliphatic heterocycles. The SMILES string of the molecule is CCCN(CCC(=O)O)c1sc2c(c1C(N)=O)CCC(C)C2. The summed E-state index contributed by atoms with van der Waals surface area (Å²) in [5.74, 6) is -0.589. The number of rotatable bonds is 7. The number of anilines is 1. The molecule has 0 aromatic carbocycles. The summed E-state index contributed by atoms with van der Waals surface area (Å²) in [5, 5.41) is 9.81. The molecule has 1 atom stereocenters. The third-order valence-electron chi connectivity index (χ3n) is 4.12. The zero-order valence-corrected chi connectivity index (χ0v) is 14.0. The van der Waals surface area contributed by atoms with Gasteiger partial charge in [-0.25, -0.2) is 0 Å². The quantitative estimate of drug-likeness (QED) is 0.807. The lowest BCUT2D eigenvalue weighted by molar-refractivity contribution is -0.136. The summed E-state index contributed by atoms with van der Waals surface area (Å²) in [6.07, 6.45) is 3.92. The second kappa shape index (κ2) is 7.13. The van der Waals surface area contributed by atoms with Crippen LogP contribution < -0.4 is 10.6 Å². The molecule has 0 fully saturated rings. The van der Waals surface area contributed by atoms with Gasteiger partial charge in [0, 0.05) is 18.0 Å². The number of hydrogen-bond donors (Lipinski definition) is 2. The first-order valence-corrected chi connectivity index (χ1v) is 8.66. The van der Waals surface area contributed by atoms with Crippen molar-refractivity contribution in [2.45, 2.75) is 46.0 Å². The number of nitrogens with zero attached hydrogens (tertiary/aromatic N) is 1. The third kappa shape index (κ3) is 3.61. The monoisotopic (exact) mass is 324 g/mol. The van der Waals surface area contributed by atoms with Crippen molar-refractivity contribution < 1.29 is 14.7 Å². The predicted molar refractivity (Wildman–Crippen MR) is 88.8 cm³/mol. The molecule has 1 unspecified atom stereocenters. The van der Waals surface area contributed by atoms with Crippen LogP contribution >= 0.6 is 11.3 Å². The van der Waals surface area contributed by atoms with Crippen LogP contribution in [-0.4, -0.2) is 30.1 Å². The van der Waals surface area contributed by atoms with Gasteiger partial charge in [0.1, 0.15) is 5.00 Å².